The maximum atomic E-state index is 6.07. The summed E-state index contributed by atoms with van der Waals surface area (Å²) in [4.78, 5) is 1.25. The van der Waals surface area contributed by atoms with E-state index in [1.54, 1.807) is 11.3 Å². The van der Waals surface area contributed by atoms with Gasteiger partial charge in [0, 0.05) is 36.1 Å². The predicted molar refractivity (Wildman–Crippen MR) is 69.7 cm³/mol. The molecule has 0 bridgehead atoms. The smallest absolute Gasteiger partial charge is 0.0931 e. The molecular weight excluding hydrogens is 265 g/mol. The fourth-order valence-corrected chi connectivity index (χ4v) is 3.23. The van der Waals surface area contributed by atoms with Crippen molar-refractivity contribution in [1.82, 2.24) is 5.32 Å². The zero-order valence-electron chi connectivity index (χ0n) is 8.97. The molecule has 0 atom stereocenters. The predicted octanol–water partition coefficient (Wildman–Crippen LogP) is 3.28. The monoisotopic (exact) mass is 279 g/mol. The molecule has 1 aromatic rings. The van der Waals surface area contributed by atoms with Gasteiger partial charge in [-0.2, -0.15) is 0 Å². The van der Waals surface area contributed by atoms with Crippen LogP contribution in [0.15, 0.2) is 12.1 Å². The third-order valence-corrected chi connectivity index (χ3v) is 4.71. The van der Waals surface area contributed by atoms with Crippen LogP contribution in [0.2, 0.25) is 4.34 Å². The van der Waals surface area contributed by atoms with Gasteiger partial charge in [0.2, 0.25) is 0 Å². The van der Waals surface area contributed by atoms with Crippen LogP contribution in [0.3, 0.4) is 0 Å². The molecule has 1 N–H and O–H groups in total. The van der Waals surface area contributed by atoms with Gasteiger partial charge in [-0.05, 0) is 25.0 Å². The van der Waals surface area contributed by atoms with Crippen molar-refractivity contribution in [2.45, 2.75) is 24.9 Å². The summed E-state index contributed by atoms with van der Waals surface area (Å²) in [6.45, 7) is 2.43. The minimum atomic E-state index is 0.0380. The first-order valence-electron chi connectivity index (χ1n) is 5.37. The van der Waals surface area contributed by atoms with Gasteiger partial charge in [-0.25, -0.2) is 0 Å². The maximum Gasteiger partial charge on any atom is 0.0931 e. The SMILES string of the molecule is ClCC1(NCc2ccc(Cl)s2)CCOCC1. The Kier molecular flexibility index (Phi) is 4.50. The van der Waals surface area contributed by atoms with Crippen molar-refractivity contribution in [1.29, 1.82) is 0 Å². The summed E-state index contributed by atoms with van der Waals surface area (Å²) in [6.07, 6.45) is 1.96. The van der Waals surface area contributed by atoms with Crippen molar-refractivity contribution in [3.05, 3.63) is 21.3 Å². The van der Waals surface area contributed by atoms with Gasteiger partial charge < -0.3 is 10.1 Å². The van der Waals surface area contributed by atoms with Crippen molar-refractivity contribution >= 4 is 34.5 Å². The lowest BCUT2D eigenvalue weighted by molar-refractivity contribution is 0.0460. The molecular formula is C11H15Cl2NOS. The molecule has 16 heavy (non-hydrogen) atoms. The first-order chi connectivity index (χ1) is 7.74. The van der Waals surface area contributed by atoms with E-state index in [1.807, 2.05) is 6.07 Å². The molecule has 2 nitrogen and oxygen atoms in total. The van der Waals surface area contributed by atoms with Crippen LogP contribution in [0, 0.1) is 0 Å². The molecule has 1 fully saturated rings. The first kappa shape index (κ1) is 12.7. The summed E-state index contributed by atoms with van der Waals surface area (Å²) in [5.74, 6) is 0.634. The lowest BCUT2D eigenvalue weighted by Crippen LogP contribution is -2.50. The average Bonchev–Trinajstić information content (AvgIpc) is 2.74. The second-order valence-electron chi connectivity index (χ2n) is 4.09. The van der Waals surface area contributed by atoms with E-state index in [1.165, 1.54) is 4.88 Å². The molecule has 0 unspecified atom stereocenters. The Bertz CT molecular complexity index is 336. The summed E-state index contributed by atoms with van der Waals surface area (Å²) in [5, 5.41) is 3.55. The van der Waals surface area contributed by atoms with Crippen molar-refractivity contribution < 1.29 is 4.74 Å². The van der Waals surface area contributed by atoms with Crippen LogP contribution < -0.4 is 5.32 Å². The highest BCUT2D eigenvalue weighted by Gasteiger charge is 2.31. The Hall–Kier alpha value is 0.200. The highest BCUT2D eigenvalue weighted by molar-refractivity contribution is 7.16. The molecule has 5 heteroatoms. The van der Waals surface area contributed by atoms with Gasteiger partial charge >= 0.3 is 0 Å². The second-order valence-corrected chi connectivity index (χ2v) is 6.15. The number of rotatable bonds is 4. The van der Waals surface area contributed by atoms with Gasteiger partial charge in [-0.3, -0.25) is 0 Å². The molecule has 0 aromatic carbocycles. The van der Waals surface area contributed by atoms with Gasteiger partial charge in [0.05, 0.1) is 4.34 Å². The molecule has 0 saturated carbocycles. The highest BCUT2D eigenvalue weighted by atomic mass is 35.5. The lowest BCUT2D eigenvalue weighted by atomic mass is 9.92. The van der Waals surface area contributed by atoms with Crippen LogP contribution in [0.1, 0.15) is 17.7 Å². The fourth-order valence-electron chi connectivity index (χ4n) is 1.84. The number of alkyl halides is 1. The number of halogens is 2. The quantitative estimate of drug-likeness (QED) is 0.855. The lowest BCUT2D eigenvalue weighted by Gasteiger charge is -2.36. The van der Waals surface area contributed by atoms with Crippen LogP contribution in [0.5, 0.6) is 0 Å². The van der Waals surface area contributed by atoms with E-state index in [4.69, 9.17) is 27.9 Å². The molecule has 0 aliphatic carbocycles. The van der Waals surface area contributed by atoms with Crippen molar-refractivity contribution in [3.63, 3.8) is 0 Å². The van der Waals surface area contributed by atoms with Crippen LogP contribution in [-0.4, -0.2) is 24.6 Å². The maximum absolute atomic E-state index is 6.07. The van der Waals surface area contributed by atoms with Crippen LogP contribution in [0.25, 0.3) is 0 Å². The van der Waals surface area contributed by atoms with E-state index in [9.17, 15) is 0 Å². The Morgan fingerprint density at radius 1 is 1.38 bits per heavy atom. The van der Waals surface area contributed by atoms with Crippen LogP contribution >= 0.6 is 34.5 Å². The molecule has 2 rings (SSSR count). The number of thiophene rings is 1. The summed E-state index contributed by atoms with van der Waals surface area (Å²) >= 11 is 13.6. The van der Waals surface area contributed by atoms with E-state index >= 15 is 0 Å². The van der Waals surface area contributed by atoms with Gasteiger partial charge in [-0.15, -0.1) is 22.9 Å². The van der Waals surface area contributed by atoms with Crippen molar-refractivity contribution in [2.24, 2.45) is 0 Å². The molecule has 0 amide bonds. The number of ether oxygens (including phenoxy) is 1. The van der Waals surface area contributed by atoms with Crippen molar-refractivity contribution in [2.75, 3.05) is 19.1 Å². The van der Waals surface area contributed by atoms with Crippen LogP contribution in [-0.2, 0) is 11.3 Å². The largest absolute Gasteiger partial charge is 0.381 e. The Morgan fingerprint density at radius 2 is 2.12 bits per heavy atom. The Balaban J connectivity index is 1.91. The Labute approximate surface area is 110 Å². The minimum Gasteiger partial charge on any atom is -0.381 e. The molecule has 2 heterocycles. The third-order valence-electron chi connectivity index (χ3n) is 2.97. The normalized spacial score (nSPS) is 19.9. The number of hydrogen-bond donors (Lipinski definition) is 1. The zero-order chi connectivity index (χ0) is 11.4. The Morgan fingerprint density at radius 3 is 2.69 bits per heavy atom. The molecule has 1 aliphatic rings. The van der Waals surface area contributed by atoms with E-state index in [0.29, 0.717) is 5.88 Å². The van der Waals surface area contributed by atoms with E-state index < -0.39 is 0 Å². The fraction of sp³-hybridized carbons (Fsp3) is 0.636. The number of hydrogen-bond acceptors (Lipinski definition) is 3. The summed E-state index contributed by atoms with van der Waals surface area (Å²) in [5.41, 5.74) is 0.0380. The minimum absolute atomic E-state index is 0.0380. The van der Waals surface area contributed by atoms with E-state index in [-0.39, 0.29) is 5.54 Å². The average molecular weight is 280 g/mol. The standard InChI is InChI=1S/C11H15Cl2NOS/c12-8-11(3-5-15-6-4-11)14-7-9-1-2-10(13)16-9/h1-2,14H,3-8H2. The van der Waals surface area contributed by atoms with Crippen molar-refractivity contribution in [3.8, 4) is 0 Å². The summed E-state index contributed by atoms with van der Waals surface area (Å²) in [7, 11) is 0. The molecule has 0 radical (unpaired) electrons. The van der Waals surface area contributed by atoms with Gasteiger partial charge in [-0.1, -0.05) is 11.6 Å². The summed E-state index contributed by atoms with van der Waals surface area (Å²) < 4.78 is 6.20. The second kappa shape index (κ2) is 5.69. The van der Waals surface area contributed by atoms with E-state index in [2.05, 4.69) is 11.4 Å². The van der Waals surface area contributed by atoms with Gasteiger partial charge in [0.15, 0.2) is 0 Å². The molecule has 1 aromatic heterocycles. The van der Waals surface area contributed by atoms with Gasteiger partial charge in [0.25, 0.3) is 0 Å². The van der Waals surface area contributed by atoms with Gasteiger partial charge in [0.1, 0.15) is 0 Å². The third kappa shape index (κ3) is 3.11. The highest BCUT2D eigenvalue weighted by Crippen LogP contribution is 2.25. The molecule has 0 spiro atoms. The van der Waals surface area contributed by atoms with Crippen LogP contribution in [0.4, 0.5) is 0 Å². The molecule has 90 valence electrons. The zero-order valence-corrected chi connectivity index (χ0v) is 11.3. The number of nitrogens with one attached hydrogen (secondary N) is 1. The molecule has 1 saturated heterocycles. The van der Waals surface area contributed by atoms with E-state index in [0.717, 1.165) is 36.9 Å². The first-order valence-corrected chi connectivity index (χ1v) is 7.10. The molecule has 1 aliphatic heterocycles. The topological polar surface area (TPSA) is 21.3 Å². The summed E-state index contributed by atoms with van der Waals surface area (Å²) in [6, 6.07) is 3.99.